The molecule has 1 fully saturated rings. The summed E-state index contributed by atoms with van der Waals surface area (Å²) in [5.74, 6) is -0.399. The minimum absolute atomic E-state index is 0.0443. The van der Waals surface area contributed by atoms with Crippen molar-refractivity contribution in [2.24, 2.45) is 0 Å². The van der Waals surface area contributed by atoms with Crippen molar-refractivity contribution in [3.8, 4) is 0 Å². The number of benzene rings is 1. The van der Waals surface area contributed by atoms with E-state index < -0.39 is 11.8 Å². The highest BCUT2D eigenvalue weighted by Gasteiger charge is 2.34. The summed E-state index contributed by atoms with van der Waals surface area (Å²) in [6.07, 6.45) is 2.91. The third-order valence-corrected chi connectivity index (χ3v) is 3.33. The molecule has 2 heterocycles. The number of carbonyl (C=O) groups excluding carboxylic acids is 2. The lowest BCUT2D eigenvalue weighted by atomic mass is 10.2. The quantitative estimate of drug-likeness (QED) is 0.678. The van der Waals surface area contributed by atoms with Crippen molar-refractivity contribution in [1.29, 1.82) is 0 Å². The fraction of sp³-hybridized carbons (Fsp3) is 0. The summed E-state index contributed by atoms with van der Waals surface area (Å²) >= 11 is 3.32. The minimum Gasteiger partial charge on any atom is -0.465 e. The van der Waals surface area contributed by atoms with Gasteiger partial charge in [0.2, 0.25) is 0 Å². The van der Waals surface area contributed by atoms with Gasteiger partial charge in [-0.3, -0.25) is 15.0 Å². The first-order chi connectivity index (χ1) is 9.65. The van der Waals surface area contributed by atoms with Crippen LogP contribution in [0.25, 0.3) is 6.08 Å². The van der Waals surface area contributed by atoms with Crippen LogP contribution < -0.4 is 10.4 Å². The summed E-state index contributed by atoms with van der Waals surface area (Å²) in [5, 5.41) is 1.21. The van der Waals surface area contributed by atoms with Crippen molar-refractivity contribution in [2.45, 2.75) is 0 Å². The molecule has 0 aliphatic carbocycles. The number of hydrazine groups is 1. The zero-order chi connectivity index (χ0) is 14.1. The van der Waals surface area contributed by atoms with Crippen molar-refractivity contribution in [3.63, 3.8) is 0 Å². The Balaban J connectivity index is 1.92. The van der Waals surface area contributed by atoms with Crippen LogP contribution in [-0.2, 0) is 9.59 Å². The van der Waals surface area contributed by atoms with E-state index in [1.54, 1.807) is 36.4 Å². The lowest BCUT2D eigenvalue weighted by Gasteiger charge is -2.14. The van der Waals surface area contributed by atoms with Gasteiger partial charge in [-0.15, -0.1) is 0 Å². The molecule has 6 heteroatoms. The van der Waals surface area contributed by atoms with E-state index in [0.717, 1.165) is 4.47 Å². The Labute approximate surface area is 123 Å². The number of amides is 2. The summed E-state index contributed by atoms with van der Waals surface area (Å²) < 4.78 is 6.01. The Hall–Kier alpha value is -2.34. The van der Waals surface area contributed by atoms with Gasteiger partial charge in [-0.1, -0.05) is 15.9 Å². The Morgan fingerprint density at radius 3 is 2.55 bits per heavy atom. The van der Waals surface area contributed by atoms with Crippen LogP contribution in [0.15, 0.2) is 57.1 Å². The zero-order valence-electron chi connectivity index (χ0n) is 10.2. The number of rotatable bonds is 2. The van der Waals surface area contributed by atoms with Crippen LogP contribution in [0.2, 0.25) is 0 Å². The number of hydrogen-bond acceptors (Lipinski definition) is 3. The van der Waals surface area contributed by atoms with E-state index in [0.29, 0.717) is 11.4 Å². The number of carbonyl (C=O) groups is 2. The van der Waals surface area contributed by atoms with Gasteiger partial charge in [-0.05, 0) is 42.5 Å². The normalized spacial score (nSPS) is 16.9. The molecule has 1 aromatic carbocycles. The molecule has 1 aliphatic rings. The van der Waals surface area contributed by atoms with E-state index in [4.69, 9.17) is 4.42 Å². The van der Waals surface area contributed by atoms with Crippen molar-refractivity contribution in [1.82, 2.24) is 5.43 Å². The highest BCUT2D eigenvalue weighted by atomic mass is 79.9. The Bertz CT molecular complexity index is 690. The van der Waals surface area contributed by atoms with Crippen molar-refractivity contribution < 1.29 is 14.0 Å². The van der Waals surface area contributed by atoms with Crippen LogP contribution in [0.1, 0.15) is 5.76 Å². The van der Waals surface area contributed by atoms with Gasteiger partial charge >= 0.3 is 0 Å². The maximum Gasteiger partial charge on any atom is 0.282 e. The maximum atomic E-state index is 12.2. The van der Waals surface area contributed by atoms with Gasteiger partial charge in [-0.2, -0.15) is 0 Å². The van der Waals surface area contributed by atoms with E-state index in [1.165, 1.54) is 17.3 Å². The average molecular weight is 333 g/mol. The standard InChI is InChI=1S/C14H9BrN2O3/c15-9-3-5-10(6-4-9)17-14(19)12(13(18)16-17)8-11-2-1-7-20-11/h1-8H,(H,16,18). The van der Waals surface area contributed by atoms with Crippen LogP contribution in [0.4, 0.5) is 5.69 Å². The lowest BCUT2D eigenvalue weighted by molar-refractivity contribution is -0.117. The second-order valence-electron chi connectivity index (χ2n) is 4.13. The van der Waals surface area contributed by atoms with Crippen LogP contribution in [-0.4, -0.2) is 11.8 Å². The van der Waals surface area contributed by atoms with Gasteiger partial charge in [0.25, 0.3) is 11.8 Å². The molecule has 1 aromatic heterocycles. The molecule has 5 nitrogen and oxygen atoms in total. The summed E-state index contributed by atoms with van der Waals surface area (Å²) in [6.45, 7) is 0. The zero-order valence-corrected chi connectivity index (χ0v) is 11.8. The Morgan fingerprint density at radius 2 is 1.90 bits per heavy atom. The molecule has 1 aliphatic heterocycles. The van der Waals surface area contributed by atoms with Gasteiger partial charge in [0.15, 0.2) is 0 Å². The Kier molecular flexibility index (Phi) is 3.15. The highest BCUT2D eigenvalue weighted by molar-refractivity contribution is 9.10. The summed E-state index contributed by atoms with van der Waals surface area (Å²) in [6, 6.07) is 10.4. The number of halogens is 1. The molecule has 20 heavy (non-hydrogen) atoms. The van der Waals surface area contributed by atoms with Gasteiger partial charge in [-0.25, -0.2) is 5.01 Å². The molecule has 0 spiro atoms. The van der Waals surface area contributed by atoms with Crippen LogP contribution in [0.5, 0.6) is 0 Å². The summed E-state index contributed by atoms with van der Waals surface area (Å²) in [5.41, 5.74) is 3.16. The molecule has 1 N–H and O–H groups in total. The number of nitrogens with one attached hydrogen (secondary N) is 1. The van der Waals surface area contributed by atoms with E-state index >= 15 is 0 Å². The number of hydrogen-bond donors (Lipinski definition) is 1. The second-order valence-corrected chi connectivity index (χ2v) is 5.05. The van der Waals surface area contributed by atoms with E-state index in [1.807, 2.05) is 0 Å². The fourth-order valence-corrected chi connectivity index (χ4v) is 2.11. The third kappa shape index (κ3) is 2.25. The number of nitrogens with zero attached hydrogens (tertiary/aromatic N) is 1. The maximum absolute atomic E-state index is 12.2. The SMILES string of the molecule is O=C1NN(c2ccc(Br)cc2)C(=O)C1=Cc1ccco1. The molecule has 0 atom stereocenters. The first-order valence-electron chi connectivity index (χ1n) is 5.81. The molecular formula is C14H9BrN2O3. The van der Waals surface area contributed by atoms with Gasteiger partial charge in [0.05, 0.1) is 12.0 Å². The lowest BCUT2D eigenvalue weighted by Crippen LogP contribution is -2.35. The van der Waals surface area contributed by atoms with Crippen LogP contribution >= 0.6 is 15.9 Å². The topological polar surface area (TPSA) is 62.6 Å². The first-order valence-corrected chi connectivity index (χ1v) is 6.60. The minimum atomic E-state index is -0.450. The molecule has 0 unspecified atom stereocenters. The molecule has 0 saturated carbocycles. The van der Waals surface area contributed by atoms with Crippen LogP contribution in [0, 0.1) is 0 Å². The van der Waals surface area contributed by atoms with Gasteiger partial charge < -0.3 is 4.42 Å². The average Bonchev–Trinajstić information content (AvgIpc) is 3.04. The van der Waals surface area contributed by atoms with E-state index in [9.17, 15) is 9.59 Å². The van der Waals surface area contributed by atoms with Crippen molar-refractivity contribution in [2.75, 3.05) is 5.01 Å². The highest BCUT2D eigenvalue weighted by Crippen LogP contribution is 2.23. The summed E-state index contributed by atoms with van der Waals surface area (Å²) in [4.78, 5) is 24.1. The second kappa shape index (κ2) is 4.97. The van der Waals surface area contributed by atoms with Gasteiger partial charge in [0, 0.05) is 4.47 Å². The fourth-order valence-electron chi connectivity index (χ4n) is 1.85. The van der Waals surface area contributed by atoms with E-state index in [-0.39, 0.29) is 5.57 Å². The molecule has 1 saturated heterocycles. The molecule has 100 valence electrons. The Morgan fingerprint density at radius 1 is 1.15 bits per heavy atom. The molecule has 0 bridgehead atoms. The molecule has 3 rings (SSSR count). The molecule has 2 aromatic rings. The largest absolute Gasteiger partial charge is 0.465 e. The van der Waals surface area contributed by atoms with Gasteiger partial charge in [0.1, 0.15) is 11.3 Å². The summed E-state index contributed by atoms with van der Waals surface area (Å²) in [7, 11) is 0. The molecule has 2 amide bonds. The molecule has 0 radical (unpaired) electrons. The molecular weight excluding hydrogens is 324 g/mol. The number of furan rings is 1. The number of anilines is 1. The smallest absolute Gasteiger partial charge is 0.282 e. The van der Waals surface area contributed by atoms with E-state index in [2.05, 4.69) is 21.4 Å². The monoisotopic (exact) mass is 332 g/mol. The van der Waals surface area contributed by atoms with Crippen molar-refractivity contribution >= 4 is 39.5 Å². The predicted molar refractivity (Wildman–Crippen MR) is 76.5 cm³/mol. The third-order valence-electron chi connectivity index (χ3n) is 2.81. The first kappa shape index (κ1) is 12.7. The van der Waals surface area contributed by atoms with Crippen LogP contribution in [0.3, 0.4) is 0 Å². The van der Waals surface area contributed by atoms with Crippen molar-refractivity contribution in [3.05, 3.63) is 58.5 Å². The predicted octanol–water partition coefficient (Wildman–Crippen LogP) is 2.50.